The van der Waals surface area contributed by atoms with Crippen molar-refractivity contribution < 1.29 is 4.74 Å². The van der Waals surface area contributed by atoms with Gasteiger partial charge in [-0.1, -0.05) is 13.8 Å². The Balaban J connectivity index is 2.40. The minimum atomic E-state index is 0.358. The molecule has 0 bridgehead atoms. The van der Waals surface area contributed by atoms with Gasteiger partial charge in [-0.15, -0.1) is 10.2 Å². The number of nitrogens with one attached hydrogen (secondary N) is 1. The van der Waals surface area contributed by atoms with Crippen molar-refractivity contribution in [2.24, 2.45) is 13.0 Å². The highest BCUT2D eigenvalue weighted by Gasteiger charge is 2.13. The summed E-state index contributed by atoms with van der Waals surface area (Å²) in [4.78, 5) is 0. The van der Waals surface area contributed by atoms with E-state index < -0.39 is 0 Å². The Morgan fingerprint density at radius 3 is 2.75 bits per heavy atom. The molecule has 1 aromatic rings. The highest BCUT2D eigenvalue weighted by atomic mass is 16.5. The van der Waals surface area contributed by atoms with Crippen LogP contribution in [-0.4, -0.2) is 34.0 Å². The van der Waals surface area contributed by atoms with E-state index in [1.807, 2.05) is 18.5 Å². The lowest BCUT2D eigenvalue weighted by Crippen LogP contribution is -2.38. The summed E-state index contributed by atoms with van der Waals surface area (Å²) in [6.07, 6.45) is 1.71. The van der Waals surface area contributed by atoms with Crippen molar-refractivity contribution in [2.45, 2.75) is 33.4 Å². The van der Waals surface area contributed by atoms with E-state index in [1.165, 1.54) is 0 Å². The molecule has 0 saturated heterocycles. The maximum Gasteiger partial charge on any atom is 0.146 e. The maximum absolute atomic E-state index is 5.45. The van der Waals surface area contributed by atoms with Crippen molar-refractivity contribution in [3.8, 4) is 0 Å². The van der Waals surface area contributed by atoms with Gasteiger partial charge in [0, 0.05) is 19.7 Å². The van der Waals surface area contributed by atoms with Gasteiger partial charge in [0.2, 0.25) is 0 Å². The average Bonchev–Trinajstić information content (AvgIpc) is 2.64. The third kappa shape index (κ3) is 3.90. The Kier molecular flexibility index (Phi) is 5.42. The van der Waals surface area contributed by atoms with Gasteiger partial charge >= 0.3 is 0 Å². The molecule has 0 aliphatic heterocycles. The number of aryl methyl sites for hydroxylation is 1. The largest absolute Gasteiger partial charge is 0.380 e. The summed E-state index contributed by atoms with van der Waals surface area (Å²) in [5, 5.41) is 11.3. The molecule has 5 nitrogen and oxygen atoms in total. The van der Waals surface area contributed by atoms with Crippen molar-refractivity contribution >= 4 is 0 Å². The zero-order valence-corrected chi connectivity index (χ0v) is 10.6. The molecule has 0 radical (unpaired) electrons. The second kappa shape index (κ2) is 6.60. The van der Waals surface area contributed by atoms with Crippen molar-refractivity contribution in [3.63, 3.8) is 0 Å². The summed E-state index contributed by atoms with van der Waals surface area (Å²) in [5.74, 6) is 1.49. The first-order valence-electron chi connectivity index (χ1n) is 5.79. The second-order valence-electron chi connectivity index (χ2n) is 4.25. The van der Waals surface area contributed by atoms with Crippen LogP contribution in [0.1, 0.15) is 26.6 Å². The summed E-state index contributed by atoms with van der Waals surface area (Å²) in [7, 11) is 1.95. The Labute approximate surface area is 97.2 Å². The molecule has 0 aliphatic carbocycles. The van der Waals surface area contributed by atoms with Crippen molar-refractivity contribution in [1.82, 2.24) is 20.1 Å². The van der Waals surface area contributed by atoms with Crippen LogP contribution < -0.4 is 5.32 Å². The molecule has 1 heterocycles. The lowest BCUT2D eigenvalue weighted by molar-refractivity contribution is 0.107. The minimum absolute atomic E-state index is 0.358. The van der Waals surface area contributed by atoms with Crippen LogP contribution in [0.25, 0.3) is 0 Å². The van der Waals surface area contributed by atoms with Gasteiger partial charge in [-0.25, -0.2) is 0 Å². The molecule has 0 unspecified atom stereocenters. The van der Waals surface area contributed by atoms with Gasteiger partial charge in [0.05, 0.1) is 13.2 Å². The predicted molar refractivity (Wildman–Crippen MR) is 63.0 cm³/mol. The molecule has 0 aliphatic rings. The fourth-order valence-corrected chi connectivity index (χ4v) is 1.42. The summed E-state index contributed by atoms with van der Waals surface area (Å²) < 4.78 is 7.37. The van der Waals surface area contributed by atoms with Gasteiger partial charge in [0.1, 0.15) is 12.2 Å². The van der Waals surface area contributed by atoms with Crippen LogP contribution in [0, 0.1) is 5.92 Å². The zero-order chi connectivity index (χ0) is 12.0. The molecule has 5 heteroatoms. The molecule has 0 spiro atoms. The van der Waals surface area contributed by atoms with Gasteiger partial charge in [-0.2, -0.15) is 0 Å². The molecule has 1 aromatic heterocycles. The quantitative estimate of drug-likeness (QED) is 0.752. The van der Waals surface area contributed by atoms with Crippen molar-refractivity contribution in [3.05, 3.63) is 12.2 Å². The van der Waals surface area contributed by atoms with E-state index in [-0.39, 0.29) is 0 Å². The highest BCUT2D eigenvalue weighted by Crippen LogP contribution is 2.03. The Morgan fingerprint density at radius 1 is 1.50 bits per heavy atom. The lowest BCUT2D eigenvalue weighted by atomic mass is 10.1. The minimum Gasteiger partial charge on any atom is -0.380 e. The van der Waals surface area contributed by atoms with Gasteiger partial charge in [-0.05, 0) is 12.8 Å². The number of hydrogen-bond acceptors (Lipinski definition) is 4. The van der Waals surface area contributed by atoms with E-state index >= 15 is 0 Å². The molecule has 0 saturated carbocycles. The Hall–Kier alpha value is -0.940. The molecule has 1 rings (SSSR count). The van der Waals surface area contributed by atoms with Crippen LogP contribution in [0.3, 0.4) is 0 Å². The van der Waals surface area contributed by atoms with Gasteiger partial charge in [-0.3, -0.25) is 0 Å². The topological polar surface area (TPSA) is 52.0 Å². The highest BCUT2D eigenvalue weighted by molar-refractivity contribution is 4.85. The molecule has 92 valence electrons. The van der Waals surface area contributed by atoms with Crippen LogP contribution in [-0.2, 0) is 18.3 Å². The Bertz CT molecular complexity index is 298. The number of ether oxygens (including phenoxy) is 1. The molecule has 0 fully saturated rings. The summed E-state index contributed by atoms with van der Waals surface area (Å²) >= 11 is 0. The van der Waals surface area contributed by atoms with Crippen molar-refractivity contribution in [1.29, 1.82) is 0 Å². The van der Waals surface area contributed by atoms with E-state index in [4.69, 9.17) is 4.74 Å². The van der Waals surface area contributed by atoms with E-state index in [2.05, 4.69) is 29.4 Å². The summed E-state index contributed by atoms with van der Waals surface area (Å²) in [6, 6.07) is 0.358. The number of aromatic nitrogens is 3. The first kappa shape index (κ1) is 13.1. The molecule has 16 heavy (non-hydrogen) atoms. The first-order valence-corrected chi connectivity index (χ1v) is 5.79. The van der Waals surface area contributed by atoms with Crippen LogP contribution >= 0.6 is 0 Å². The van der Waals surface area contributed by atoms with Crippen molar-refractivity contribution in [2.75, 3.05) is 13.2 Å². The Morgan fingerprint density at radius 2 is 2.25 bits per heavy atom. The standard InChI is InChI=1S/C11H22N4O/c1-5-16-7-10(9(2)3)12-6-11-14-13-8-15(11)4/h8-10,12H,5-7H2,1-4H3/t10-/m0/s1. The molecular formula is C11H22N4O. The molecule has 1 atom stereocenters. The second-order valence-corrected chi connectivity index (χ2v) is 4.25. The van der Waals surface area contributed by atoms with E-state index in [9.17, 15) is 0 Å². The molecule has 1 N–H and O–H groups in total. The van der Waals surface area contributed by atoms with Gasteiger partial charge in [0.25, 0.3) is 0 Å². The van der Waals surface area contributed by atoms with Crippen LogP contribution in [0.15, 0.2) is 6.33 Å². The molecule has 0 aromatic carbocycles. The molecular weight excluding hydrogens is 204 g/mol. The van der Waals surface area contributed by atoms with Crippen LogP contribution in [0.2, 0.25) is 0 Å². The third-order valence-electron chi connectivity index (χ3n) is 2.63. The normalized spacial score (nSPS) is 13.3. The first-order chi connectivity index (χ1) is 7.65. The third-order valence-corrected chi connectivity index (χ3v) is 2.63. The smallest absolute Gasteiger partial charge is 0.146 e. The SMILES string of the molecule is CCOC[C@H](NCc1nncn1C)C(C)C. The van der Waals surface area contributed by atoms with E-state index in [0.717, 1.165) is 25.6 Å². The average molecular weight is 226 g/mol. The monoisotopic (exact) mass is 226 g/mol. The van der Waals surface area contributed by atoms with E-state index in [1.54, 1.807) is 6.33 Å². The maximum atomic E-state index is 5.45. The summed E-state index contributed by atoms with van der Waals surface area (Å²) in [5.41, 5.74) is 0. The molecule has 0 amide bonds. The summed E-state index contributed by atoms with van der Waals surface area (Å²) in [6.45, 7) is 8.62. The van der Waals surface area contributed by atoms with E-state index in [0.29, 0.717) is 12.0 Å². The number of hydrogen-bond donors (Lipinski definition) is 1. The predicted octanol–water partition coefficient (Wildman–Crippen LogP) is 0.966. The fourth-order valence-electron chi connectivity index (χ4n) is 1.42. The van der Waals surface area contributed by atoms with Crippen LogP contribution in [0.4, 0.5) is 0 Å². The zero-order valence-electron chi connectivity index (χ0n) is 10.6. The van der Waals surface area contributed by atoms with Crippen LogP contribution in [0.5, 0.6) is 0 Å². The van der Waals surface area contributed by atoms with Gasteiger partial charge < -0.3 is 14.6 Å². The fraction of sp³-hybridized carbons (Fsp3) is 0.818. The number of rotatable bonds is 7. The number of nitrogens with zero attached hydrogens (tertiary/aromatic N) is 3. The van der Waals surface area contributed by atoms with Gasteiger partial charge in [0.15, 0.2) is 0 Å². The lowest BCUT2D eigenvalue weighted by Gasteiger charge is -2.21.